The van der Waals surface area contributed by atoms with Crippen molar-refractivity contribution in [3.63, 3.8) is 0 Å². The lowest BCUT2D eigenvalue weighted by atomic mass is 10.2. The summed E-state index contributed by atoms with van der Waals surface area (Å²) in [5.74, 6) is -0.432. The molecule has 0 atom stereocenters. The molecule has 0 aromatic heterocycles. The van der Waals surface area contributed by atoms with E-state index in [0.29, 0.717) is 12.1 Å². The van der Waals surface area contributed by atoms with E-state index >= 15 is 0 Å². The van der Waals surface area contributed by atoms with Crippen LogP contribution in [0.5, 0.6) is 5.75 Å². The summed E-state index contributed by atoms with van der Waals surface area (Å²) < 4.78 is 0. The van der Waals surface area contributed by atoms with Crippen LogP contribution in [0.25, 0.3) is 0 Å². The van der Waals surface area contributed by atoms with E-state index < -0.39 is 0 Å². The van der Waals surface area contributed by atoms with Crippen LogP contribution in [-0.2, 0) is 0 Å². The topological polar surface area (TPSA) is 99.1 Å². The number of amides is 1. The molecule has 1 rings (SSSR count). The van der Waals surface area contributed by atoms with Crippen molar-refractivity contribution < 1.29 is 15.1 Å². The zero-order chi connectivity index (χ0) is 14.4. The quantitative estimate of drug-likeness (QED) is 0.331. The van der Waals surface area contributed by atoms with Gasteiger partial charge in [-0.1, -0.05) is 23.7 Å². The number of phenols is 1. The molecule has 1 aromatic carbocycles. The van der Waals surface area contributed by atoms with Crippen LogP contribution in [0.2, 0.25) is 5.02 Å². The minimum Gasteiger partial charge on any atom is -0.506 e. The Morgan fingerprint density at radius 3 is 2.74 bits per heavy atom. The Bertz CT molecular complexity index is 491. The summed E-state index contributed by atoms with van der Waals surface area (Å²) in [6, 6.07) is 4.20. The van der Waals surface area contributed by atoms with Crippen LogP contribution < -0.4 is 5.73 Å². The molecule has 6 nitrogen and oxygen atoms in total. The lowest BCUT2D eigenvalue weighted by Gasteiger charge is -2.21. The normalized spacial score (nSPS) is 11.4. The molecule has 0 saturated heterocycles. The van der Waals surface area contributed by atoms with Crippen molar-refractivity contribution in [1.82, 2.24) is 4.90 Å². The molecule has 0 fully saturated rings. The van der Waals surface area contributed by atoms with Crippen LogP contribution in [0.3, 0.4) is 0 Å². The van der Waals surface area contributed by atoms with Crippen LogP contribution in [0.15, 0.2) is 23.4 Å². The largest absolute Gasteiger partial charge is 0.506 e. The van der Waals surface area contributed by atoms with Crippen LogP contribution >= 0.6 is 11.6 Å². The minimum atomic E-state index is -0.296. The van der Waals surface area contributed by atoms with Crippen molar-refractivity contribution in [3.05, 3.63) is 28.8 Å². The van der Waals surface area contributed by atoms with Crippen molar-refractivity contribution >= 4 is 23.3 Å². The van der Waals surface area contributed by atoms with E-state index in [1.54, 1.807) is 0 Å². The van der Waals surface area contributed by atoms with E-state index in [9.17, 15) is 9.90 Å². The number of hydrogen-bond acceptors (Lipinski definition) is 4. The third-order valence-corrected chi connectivity index (χ3v) is 2.76. The van der Waals surface area contributed by atoms with Crippen LogP contribution in [-0.4, -0.2) is 40.0 Å². The van der Waals surface area contributed by atoms with Gasteiger partial charge in [0.05, 0.1) is 11.6 Å². The number of carbonyl (C=O) groups is 1. The first-order chi connectivity index (χ1) is 8.99. The number of phenolic OH excluding ortho intramolecular Hbond substituents is 1. The summed E-state index contributed by atoms with van der Waals surface area (Å²) >= 11 is 5.76. The molecule has 0 aliphatic heterocycles. The number of benzene rings is 1. The molecule has 4 N–H and O–H groups in total. The summed E-state index contributed by atoms with van der Waals surface area (Å²) in [5, 5.41) is 20.8. The Morgan fingerprint density at radius 2 is 2.21 bits per heavy atom. The molecule has 1 amide bonds. The number of nitrogens with zero attached hydrogens (tertiary/aromatic N) is 2. The third kappa shape index (κ3) is 4.03. The predicted octanol–water partition coefficient (Wildman–Crippen LogP) is 1.64. The Labute approximate surface area is 116 Å². The molecule has 7 heteroatoms. The second-order valence-electron chi connectivity index (χ2n) is 3.98. The Balaban J connectivity index is 2.95. The van der Waals surface area contributed by atoms with E-state index in [-0.39, 0.29) is 29.1 Å². The fourth-order valence-electron chi connectivity index (χ4n) is 1.57. The highest BCUT2D eigenvalue weighted by Crippen LogP contribution is 2.24. The number of oxime groups is 1. The van der Waals surface area contributed by atoms with Gasteiger partial charge in [0.25, 0.3) is 5.91 Å². The average Bonchev–Trinajstić information content (AvgIpc) is 2.40. The summed E-state index contributed by atoms with van der Waals surface area (Å²) in [4.78, 5) is 13.7. The van der Waals surface area contributed by atoms with Crippen molar-refractivity contribution in [2.45, 2.75) is 13.3 Å². The summed E-state index contributed by atoms with van der Waals surface area (Å²) in [7, 11) is 0. The second-order valence-corrected chi connectivity index (χ2v) is 4.39. The Kier molecular flexibility index (Phi) is 5.44. The average molecular weight is 286 g/mol. The fourth-order valence-corrected chi connectivity index (χ4v) is 1.75. The van der Waals surface area contributed by atoms with Gasteiger partial charge in [-0.2, -0.15) is 0 Å². The number of halogens is 1. The van der Waals surface area contributed by atoms with E-state index in [0.717, 1.165) is 6.42 Å². The molecule has 19 heavy (non-hydrogen) atoms. The highest BCUT2D eigenvalue weighted by atomic mass is 35.5. The van der Waals surface area contributed by atoms with Gasteiger partial charge in [0.2, 0.25) is 0 Å². The number of rotatable bonds is 5. The molecule has 1 aromatic rings. The van der Waals surface area contributed by atoms with Crippen molar-refractivity contribution in [2.75, 3.05) is 13.1 Å². The summed E-state index contributed by atoms with van der Waals surface area (Å²) in [6.45, 7) is 2.41. The molecular formula is C12H16ClN3O3. The third-order valence-electron chi connectivity index (χ3n) is 2.46. The van der Waals surface area contributed by atoms with E-state index in [4.69, 9.17) is 22.5 Å². The maximum absolute atomic E-state index is 12.2. The maximum atomic E-state index is 12.2. The van der Waals surface area contributed by atoms with Gasteiger partial charge in [-0.15, -0.1) is 0 Å². The van der Waals surface area contributed by atoms with Crippen LogP contribution in [0, 0.1) is 0 Å². The highest BCUT2D eigenvalue weighted by molar-refractivity contribution is 6.32. The molecular weight excluding hydrogens is 270 g/mol. The molecule has 0 spiro atoms. The first-order valence-electron chi connectivity index (χ1n) is 5.73. The standard InChI is InChI=1S/C12H16ClN3O3/c1-2-5-16(7-11(14)15-19)12(18)8-3-4-10(17)9(13)6-8/h3-4,6,17,19H,2,5,7H2,1H3,(H2,14,15). The van der Waals surface area contributed by atoms with E-state index in [1.807, 2.05) is 6.92 Å². The van der Waals surface area contributed by atoms with Gasteiger partial charge in [-0.25, -0.2) is 0 Å². The second kappa shape index (κ2) is 6.84. The van der Waals surface area contributed by atoms with Crippen molar-refractivity contribution in [3.8, 4) is 5.75 Å². The van der Waals surface area contributed by atoms with Gasteiger partial charge in [-0.05, 0) is 24.6 Å². The van der Waals surface area contributed by atoms with Gasteiger partial charge >= 0.3 is 0 Å². The molecule has 0 unspecified atom stereocenters. The van der Waals surface area contributed by atoms with Crippen molar-refractivity contribution in [2.24, 2.45) is 10.9 Å². The van der Waals surface area contributed by atoms with Crippen LogP contribution in [0.1, 0.15) is 23.7 Å². The lowest BCUT2D eigenvalue weighted by Crippen LogP contribution is -2.39. The van der Waals surface area contributed by atoms with E-state index in [2.05, 4.69) is 5.16 Å². The Hall–Kier alpha value is -1.95. The molecule has 0 aliphatic carbocycles. The zero-order valence-electron chi connectivity index (χ0n) is 10.5. The Morgan fingerprint density at radius 1 is 1.53 bits per heavy atom. The fraction of sp³-hybridized carbons (Fsp3) is 0.333. The monoisotopic (exact) mass is 285 g/mol. The van der Waals surface area contributed by atoms with Gasteiger partial charge in [0.1, 0.15) is 5.75 Å². The van der Waals surface area contributed by atoms with Crippen molar-refractivity contribution in [1.29, 1.82) is 0 Å². The molecule has 0 aliphatic rings. The molecule has 0 bridgehead atoms. The number of nitrogens with two attached hydrogens (primary N) is 1. The van der Waals surface area contributed by atoms with Gasteiger partial charge in [-0.3, -0.25) is 4.79 Å². The predicted molar refractivity (Wildman–Crippen MR) is 72.7 cm³/mol. The zero-order valence-corrected chi connectivity index (χ0v) is 11.3. The first-order valence-corrected chi connectivity index (χ1v) is 6.11. The number of hydrogen-bond donors (Lipinski definition) is 3. The molecule has 0 heterocycles. The highest BCUT2D eigenvalue weighted by Gasteiger charge is 2.17. The maximum Gasteiger partial charge on any atom is 0.254 e. The van der Waals surface area contributed by atoms with E-state index in [1.165, 1.54) is 23.1 Å². The minimum absolute atomic E-state index is 0.0294. The lowest BCUT2D eigenvalue weighted by molar-refractivity contribution is 0.0778. The number of carbonyl (C=O) groups excluding carboxylic acids is 1. The molecule has 0 radical (unpaired) electrons. The smallest absolute Gasteiger partial charge is 0.254 e. The van der Waals surface area contributed by atoms with Gasteiger partial charge < -0.3 is 20.9 Å². The van der Waals surface area contributed by atoms with Crippen LogP contribution in [0.4, 0.5) is 0 Å². The van der Waals surface area contributed by atoms with Gasteiger partial charge in [0, 0.05) is 12.1 Å². The first kappa shape index (κ1) is 15.1. The summed E-state index contributed by atoms with van der Waals surface area (Å²) in [6.07, 6.45) is 0.732. The molecule has 104 valence electrons. The molecule has 0 saturated carbocycles. The van der Waals surface area contributed by atoms with Gasteiger partial charge in [0.15, 0.2) is 5.84 Å². The number of aromatic hydroxyl groups is 1. The summed E-state index contributed by atoms with van der Waals surface area (Å²) in [5.41, 5.74) is 5.75. The number of amidine groups is 1. The SMILES string of the molecule is CCCN(CC(N)=NO)C(=O)c1ccc(O)c(Cl)c1.